The molecule has 1 aromatic rings. The number of H-pyrrole nitrogens is 1. The number of carbonyl (C=O) groups excluding carboxylic acids is 2. The van der Waals surface area contributed by atoms with E-state index in [-0.39, 0.29) is 25.5 Å². The molecule has 1 heterocycles. The molecule has 0 bridgehead atoms. The van der Waals surface area contributed by atoms with Crippen LogP contribution in [0, 0.1) is 0 Å². The first-order valence-corrected chi connectivity index (χ1v) is 4.09. The Balaban J connectivity index is 2.59. The van der Waals surface area contributed by atoms with Crippen LogP contribution in [0.25, 0.3) is 0 Å². The number of hydrogen-bond donors (Lipinski definition) is 2. The molecule has 6 nitrogen and oxygen atoms in total. The van der Waals surface area contributed by atoms with Gasteiger partial charge in [-0.15, -0.1) is 0 Å². The van der Waals surface area contributed by atoms with Crippen molar-refractivity contribution >= 4 is 12.2 Å². The molecule has 0 aliphatic carbocycles. The number of nitrogens with zero attached hydrogens (tertiary/aromatic N) is 2. The van der Waals surface area contributed by atoms with Crippen LogP contribution in [-0.2, 0) is 16.1 Å². The summed E-state index contributed by atoms with van der Waals surface area (Å²) in [5.74, 6) is 0.312. The molecular formula is C8H11N4O2. The van der Waals surface area contributed by atoms with Gasteiger partial charge in [0.1, 0.15) is 5.82 Å². The van der Waals surface area contributed by atoms with E-state index in [1.165, 1.54) is 4.90 Å². The standard InChI is InChI=1S/C8H11N4O2/c9-5-8(14)12(3-4-13)6-7-10-1-2-11-7/h1-2H,3,5-6,9H2,(H,10,11). The lowest BCUT2D eigenvalue weighted by molar-refractivity contribution is -0.129. The first-order valence-electron chi connectivity index (χ1n) is 4.09. The van der Waals surface area contributed by atoms with Crippen molar-refractivity contribution in [2.24, 2.45) is 5.73 Å². The molecule has 0 aromatic carbocycles. The summed E-state index contributed by atoms with van der Waals surface area (Å²) in [4.78, 5) is 29.4. The van der Waals surface area contributed by atoms with Gasteiger partial charge < -0.3 is 15.6 Å². The topological polar surface area (TPSA) is 92.1 Å². The van der Waals surface area contributed by atoms with E-state index in [9.17, 15) is 9.59 Å². The second-order valence-corrected chi connectivity index (χ2v) is 2.63. The average molecular weight is 195 g/mol. The van der Waals surface area contributed by atoms with Crippen LogP contribution in [-0.4, -0.2) is 40.2 Å². The third-order valence-corrected chi connectivity index (χ3v) is 1.68. The number of amides is 1. The van der Waals surface area contributed by atoms with Crippen molar-refractivity contribution in [2.75, 3.05) is 13.1 Å². The van der Waals surface area contributed by atoms with Gasteiger partial charge in [-0.3, -0.25) is 9.59 Å². The van der Waals surface area contributed by atoms with Gasteiger partial charge in [0.2, 0.25) is 12.2 Å². The van der Waals surface area contributed by atoms with Crippen LogP contribution in [0.4, 0.5) is 0 Å². The van der Waals surface area contributed by atoms with Crippen molar-refractivity contribution in [3.05, 3.63) is 18.2 Å². The van der Waals surface area contributed by atoms with Gasteiger partial charge in [0, 0.05) is 12.4 Å². The lowest BCUT2D eigenvalue weighted by atomic mass is 10.4. The molecule has 75 valence electrons. The predicted molar refractivity (Wildman–Crippen MR) is 48.8 cm³/mol. The highest BCUT2D eigenvalue weighted by atomic mass is 16.2. The minimum Gasteiger partial charge on any atom is -0.347 e. The quantitative estimate of drug-likeness (QED) is 0.617. The Bertz CT molecular complexity index is 296. The van der Waals surface area contributed by atoms with Gasteiger partial charge in [0.25, 0.3) is 0 Å². The molecule has 1 rings (SSSR count). The predicted octanol–water partition coefficient (Wildman–Crippen LogP) is -1.19. The number of imidazole rings is 1. The van der Waals surface area contributed by atoms with Crippen LogP contribution in [0.2, 0.25) is 0 Å². The summed E-state index contributed by atoms with van der Waals surface area (Å²) >= 11 is 0. The first-order chi connectivity index (χ1) is 6.77. The van der Waals surface area contributed by atoms with Gasteiger partial charge in [-0.05, 0) is 0 Å². The molecule has 1 radical (unpaired) electrons. The molecule has 0 fully saturated rings. The molecule has 0 aliphatic rings. The van der Waals surface area contributed by atoms with Crippen molar-refractivity contribution in [2.45, 2.75) is 6.54 Å². The zero-order valence-electron chi connectivity index (χ0n) is 7.56. The Morgan fingerprint density at radius 3 is 3.00 bits per heavy atom. The van der Waals surface area contributed by atoms with Gasteiger partial charge >= 0.3 is 0 Å². The van der Waals surface area contributed by atoms with E-state index in [0.717, 1.165) is 0 Å². The number of rotatable bonds is 5. The maximum Gasteiger partial charge on any atom is 0.237 e. The van der Waals surface area contributed by atoms with Gasteiger partial charge in [-0.25, -0.2) is 4.98 Å². The Morgan fingerprint density at radius 2 is 2.50 bits per heavy atom. The van der Waals surface area contributed by atoms with E-state index < -0.39 is 0 Å². The van der Waals surface area contributed by atoms with Crippen molar-refractivity contribution in [3.63, 3.8) is 0 Å². The van der Waals surface area contributed by atoms with Crippen LogP contribution in [0.5, 0.6) is 0 Å². The van der Waals surface area contributed by atoms with Crippen LogP contribution in [0.15, 0.2) is 12.4 Å². The highest BCUT2D eigenvalue weighted by Gasteiger charge is 2.12. The number of nitrogens with one attached hydrogen (secondary N) is 1. The number of hydrogen-bond acceptors (Lipinski definition) is 4. The molecule has 6 heteroatoms. The molecule has 0 unspecified atom stereocenters. The summed E-state index contributed by atoms with van der Waals surface area (Å²) < 4.78 is 0. The molecule has 0 saturated heterocycles. The molecule has 1 amide bonds. The molecule has 0 saturated carbocycles. The van der Waals surface area contributed by atoms with Crippen molar-refractivity contribution in [3.8, 4) is 0 Å². The van der Waals surface area contributed by atoms with E-state index in [0.29, 0.717) is 5.82 Å². The third-order valence-electron chi connectivity index (χ3n) is 1.68. The highest BCUT2D eigenvalue weighted by Crippen LogP contribution is 1.97. The SMILES string of the molecule is NCC(=O)N(C[C]=O)Cc1ncc[nH]1. The Kier molecular flexibility index (Phi) is 3.81. The average Bonchev–Trinajstić information content (AvgIpc) is 2.68. The van der Waals surface area contributed by atoms with Gasteiger partial charge in [-0.2, -0.15) is 0 Å². The smallest absolute Gasteiger partial charge is 0.237 e. The molecule has 0 atom stereocenters. The van der Waals surface area contributed by atoms with E-state index >= 15 is 0 Å². The van der Waals surface area contributed by atoms with E-state index in [1.54, 1.807) is 18.7 Å². The normalized spacial score (nSPS) is 9.79. The number of carbonyl (C=O) groups is 1. The molecule has 14 heavy (non-hydrogen) atoms. The second-order valence-electron chi connectivity index (χ2n) is 2.63. The molecule has 1 aromatic heterocycles. The molecular weight excluding hydrogens is 184 g/mol. The summed E-state index contributed by atoms with van der Waals surface area (Å²) in [5.41, 5.74) is 5.18. The lowest BCUT2D eigenvalue weighted by Gasteiger charge is -2.17. The van der Waals surface area contributed by atoms with Crippen LogP contribution in [0.3, 0.4) is 0 Å². The van der Waals surface area contributed by atoms with Crippen LogP contribution in [0.1, 0.15) is 5.82 Å². The summed E-state index contributed by atoms with van der Waals surface area (Å²) in [6.45, 7) is 0.0391. The van der Waals surface area contributed by atoms with E-state index in [1.807, 2.05) is 0 Å². The fourth-order valence-electron chi connectivity index (χ4n) is 1.00. The Hall–Kier alpha value is -1.69. The van der Waals surface area contributed by atoms with Gasteiger partial charge in [0.15, 0.2) is 0 Å². The van der Waals surface area contributed by atoms with Gasteiger partial charge in [0.05, 0.1) is 19.6 Å². The Morgan fingerprint density at radius 1 is 1.71 bits per heavy atom. The number of aromatic nitrogens is 2. The second kappa shape index (κ2) is 5.13. The summed E-state index contributed by atoms with van der Waals surface area (Å²) in [7, 11) is 0. The minimum atomic E-state index is -0.301. The fraction of sp³-hybridized carbons (Fsp3) is 0.375. The van der Waals surface area contributed by atoms with Crippen molar-refractivity contribution in [1.82, 2.24) is 14.9 Å². The zero-order chi connectivity index (χ0) is 10.4. The summed E-state index contributed by atoms with van der Waals surface area (Å²) in [5, 5.41) is 0. The molecule has 3 N–H and O–H groups in total. The van der Waals surface area contributed by atoms with Crippen molar-refractivity contribution < 1.29 is 9.59 Å². The van der Waals surface area contributed by atoms with Gasteiger partial charge in [-0.1, -0.05) is 0 Å². The molecule has 0 aliphatic heterocycles. The lowest BCUT2D eigenvalue weighted by Crippen LogP contribution is -2.37. The monoisotopic (exact) mass is 195 g/mol. The third kappa shape index (κ3) is 2.67. The highest BCUT2D eigenvalue weighted by molar-refractivity contribution is 5.80. The number of nitrogens with two attached hydrogens (primary N) is 1. The summed E-state index contributed by atoms with van der Waals surface area (Å²) in [6, 6.07) is 0. The zero-order valence-corrected chi connectivity index (χ0v) is 7.56. The van der Waals surface area contributed by atoms with E-state index in [2.05, 4.69) is 9.97 Å². The summed E-state index contributed by atoms with van der Waals surface area (Å²) in [6.07, 6.45) is 4.87. The maximum absolute atomic E-state index is 11.2. The minimum absolute atomic E-state index is 0.0866. The van der Waals surface area contributed by atoms with Crippen LogP contribution < -0.4 is 5.73 Å². The largest absolute Gasteiger partial charge is 0.347 e. The number of aromatic amines is 1. The molecule has 0 spiro atoms. The maximum atomic E-state index is 11.2. The first kappa shape index (κ1) is 10.4. The fourth-order valence-corrected chi connectivity index (χ4v) is 1.00. The Labute approximate surface area is 81.1 Å². The van der Waals surface area contributed by atoms with Crippen molar-refractivity contribution in [1.29, 1.82) is 0 Å². The van der Waals surface area contributed by atoms with Crippen LogP contribution >= 0.6 is 0 Å². The van der Waals surface area contributed by atoms with E-state index in [4.69, 9.17) is 5.73 Å².